The van der Waals surface area contributed by atoms with E-state index >= 15 is 0 Å². The number of urea groups is 1. The fourth-order valence-electron chi connectivity index (χ4n) is 3.12. The SMILES string of the molecule is Cc1ccc(C)c(-n2c(SCC(=O)NC(=O)NC3CC3)nc3ccccc3c2=O)c1. The Balaban J connectivity index is 1.67. The van der Waals surface area contributed by atoms with Crippen molar-refractivity contribution in [2.75, 3.05) is 5.75 Å². The summed E-state index contributed by atoms with van der Waals surface area (Å²) in [4.78, 5) is 42.0. The van der Waals surface area contributed by atoms with Crippen molar-refractivity contribution in [3.05, 3.63) is 63.9 Å². The monoisotopic (exact) mass is 422 g/mol. The topological polar surface area (TPSA) is 93.1 Å². The van der Waals surface area contributed by atoms with Crippen molar-refractivity contribution in [1.82, 2.24) is 20.2 Å². The molecule has 7 nitrogen and oxygen atoms in total. The predicted molar refractivity (Wildman–Crippen MR) is 117 cm³/mol. The Kier molecular flexibility index (Phi) is 5.59. The Labute approximate surface area is 177 Å². The second kappa shape index (κ2) is 8.31. The number of nitrogens with one attached hydrogen (secondary N) is 2. The Morgan fingerprint density at radius 2 is 1.93 bits per heavy atom. The number of amides is 3. The second-order valence-electron chi connectivity index (χ2n) is 7.43. The van der Waals surface area contributed by atoms with E-state index in [4.69, 9.17) is 0 Å². The first-order valence-electron chi connectivity index (χ1n) is 9.75. The number of imide groups is 1. The number of fused-ring (bicyclic) bond motifs is 1. The summed E-state index contributed by atoms with van der Waals surface area (Å²) in [5.74, 6) is -0.471. The summed E-state index contributed by atoms with van der Waals surface area (Å²) in [6.07, 6.45) is 1.89. The molecule has 2 N–H and O–H groups in total. The fourth-order valence-corrected chi connectivity index (χ4v) is 3.93. The molecule has 1 heterocycles. The number of hydrogen-bond donors (Lipinski definition) is 2. The lowest BCUT2D eigenvalue weighted by atomic mass is 10.1. The highest BCUT2D eigenvalue weighted by Crippen LogP contribution is 2.24. The first kappa shape index (κ1) is 20.2. The van der Waals surface area contributed by atoms with Gasteiger partial charge in [0.1, 0.15) is 0 Å². The maximum absolute atomic E-state index is 13.3. The van der Waals surface area contributed by atoms with E-state index in [0.29, 0.717) is 16.1 Å². The van der Waals surface area contributed by atoms with Gasteiger partial charge in [0.05, 0.1) is 22.3 Å². The van der Waals surface area contributed by atoms with Gasteiger partial charge in [0.15, 0.2) is 5.16 Å². The average molecular weight is 423 g/mol. The van der Waals surface area contributed by atoms with Crippen LogP contribution in [0.25, 0.3) is 16.6 Å². The molecule has 3 amide bonds. The first-order valence-corrected chi connectivity index (χ1v) is 10.7. The van der Waals surface area contributed by atoms with E-state index in [0.717, 1.165) is 41.4 Å². The predicted octanol–water partition coefficient (Wildman–Crippen LogP) is 3.08. The molecular formula is C22H22N4O3S. The smallest absolute Gasteiger partial charge is 0.321 e. The number of carbonyl (C=O) groups excluding carboxylic acids is 2. The molecule has 4 rings (SSSR count). The Hall–Kier alpha value is -3.13. The molecule has 0 saturated heterocycles. The quantitative estimate of drug-likeness (QED) is 0.487. The van der Waals surface area contributed by atoms with Crippen LogP contribution >= 0.6 is 11.8 Å². The minimum Gasteiger partial charge on any atom is -0.335 e. The van der Waals surface area contributed by atoms with Crippen molar-refractivity contribution < 1.29 is 9.59 Å². The molecule has 1 aliphatic carbocycles. The van der Waals surface area contributed by atoms with Crippen molar-refractivity contribution >= 4 is 34.6 Å². The number of benzene rings is 2. The number of aryl methyl sites for hydroxylation is 2. The summed E-state index contributed by atoms with van der Waals surface area (Å²) in [6.45, 7) is 3.89. The Bertz CT molecular complexity index is 1200. The number of nitrogens with zero attached hydrogens (tertiary/aromatic N) is 2. The van der Waals surface area contributed by atoms with Crippen LogP contribution in [0.2, 0.25) is 0 Å². The van der Waals surface area contributed by atoms with Crippen LogP contribution < -0.4 is 16.2 Å². The van der Waals surface area contributed by atoms with Gasteiger partial charge in [0, 0.05) is 6.04 Å². The van der Waals surface area contributed by atoms with Crippen molar-refractivity contribution in [3.8, 4) is 5.69 Å². The minimum atomic E-state index is -0.485. The molecule has 0 aliphatic heterocycles. The van der Waals surface area contributed by atoms with Crippen molar-refractivity contribution in [2.45, 2.75) is 37.9 Å². The maximum atomic E-state index is 13.3. The van der Waals surface area contributed by atoms with Crippen molar-refractivity contribution in [3.63, 3.8) is 0 Å². The summed E-state index contributed by atoms with van der Waals surface area (Å²) >= 11 is 1.13. The number of hydrogen-bond acceptors (Lipinski definition) is 5. The molecule has 1 aromatic heterocycles. The molecule has 0 bridgehead atoms. The zero-order chi connectivity index (χ0) is 21.3. The van der Waals surface area contributed by atoms with Gasteiger partial charge in [-0.3, -0.25) is 19.5 Å². The number of para-hydroxylation sites is 1. The zero-order valence-corrected chi connectivity index (χ0v) is 17.6. The van der Waals surface area contributed by atoms with Gasteiger partial charge in [-0.1, -0.05) is 36.0 Å². The Morgan fingerprint density at radius 3 is 2.70 bits per heavy atom. The van der Waals surface area contributed by atoms with E-state index in [2.05, 4.69) is 15.6 Å². The standard InChI is InChI=1S/C22H22N4O3S/c1-13-7-8-14(2)18(11-13)26-20(28)16-5-3-4-6-17(16)24-22(26)30-12-19(27)25-21(29)23-15-9-10-15/h3-8,11,15H,9-10,12H2,1-2H3,(H2,23,25,27,29). The molecule has 0 radical (unpaired) electrons. The molecule has 154 valence electrons. The van der Waals surface area contributed by atoms with Crippen LogP contribution in [0.3, 0.4) is 0 Å². The minimum absolute atomic E-state index is 0.0340. The van der Waals surface area contributed by atoms with E-state index in [1.54, 1.807) is 22.8 Å². The molecule has 0 spiro atoms. The van der Waals surface area contributed by atoms with Gasteiger partial charge in [0.2, 0.25) is 5.91 Å². The molecule has 1 saturated carbocycles. The molecule has 8 heteroatoms. The molecule has 0 unspecified atom stereocenters. The molecule has 1 fully saturated rings. The highest BCUT2D eigenvalue weighted by atomic mass is 32.2. The Morgan fingerprint density at radius 1 is 1.17 bits per heavy atom. The van der Waals surface area contributed by atoms with E-state index in [9.17, 15) is 14.4 Å². The van der Waals surface area contributed by atoms with Crippen LogP contribution in [0.4, 0.5) is 4.79 Å². The third kappa shape index (κ3) is 4.38. The first-order chi connectivity index (χ1) is 14.4. The molecule has 30 heavy (non-hydrogen) atoms. The van der Waals surface area contributed by atoms with Gasteiger partial charge >= 0.3 is 6.03 Å². The molecule has 3 aromatic rings. The van der Waals surface area contributed by atoms with Crippen LogP contribution in [0.5, 0.6) is 0 Å². The summed E-state index contributed by atoms with van der Waals surface area (Å²) in [6, 6.07) is 12.7. The lowest BCUT2D eigenvalue weighted by molar-refractivity contribution is -0.117. The molecule has 1 aliphatic rings. The zero-order valence-electron chi connectivity index (χ0n) is 16.8. The van der Waals surface area contributed by atoms with Crippen molar-refractivity contribution in [1.29, 1.82) is 0 Å². The maximum Gasteiger partial charge on any atom is 0.321 e. The van der Waals surface area contributed by atoms with Gasteiger partial charge in [-0.25, -0.2) is 9.78 Å². The van der Waals surface area contributed by atoms with Crippen molar-refractivity contribution in [2.24, 2.45) is 0 Å². The summed E-state index contributed by atoms with van der Waals surface area (Å²) in [5, 5.41) is 5.96. The lowest BCUT2D eigenvalue weighted by Crippen LogP contribution is -2.41. The van der Waals surface area contributed by atoms with Gasteiger partial charge in [-0.05, 0) is 56.0 Å². The van der Waals surface area contributed by atoms with E-state index < -0.39 is 11.9 Å². The molecular weight excluding hydrogens is 400 g/mol. The van der Waals surface area contributed by atoms with Gasteiger partial charge in [0.25, 0.3) is 5.56 Å². The molecule has 2 aromatic carbocycles. The normalized spacial score (nSPS) is 13.3. The number of thioether (sulfide) groups is 1. The highest BCUT2D eigenvalue weighted by Gasteiger charge is 2.24. The third-order valence-corrected chi connectivity index (χ3v) is 5.79. The highest BCUT2D eigenvalue weighted by molar-refractivity contribution is 7.99. The number of carbonyl (C=O) groups is 2. The number of aromatic nitrogens is 2. The summed E-state index contributed by atoms with van der Waals surface area (Å²) in [7, 11) is 0. The van der Waals surface area contributed by atoms with Gasteiger partial charge in [-0.2, -0.15) is 0 Å². The van der Waals surface area contributed by atoms with Crippen LogP contribution in [0.15, 0.2) is 52.4 Å². The van der Waals surface area contributed by atoms with Crippen LogP contribution in [-0.4, -0.2) is 33.3 Å². The van der Waals surface area contributed by atoms with Crippen LogP contribution in [0.1, 0.15) is 24.0 Å². The lowest BCUT2D eigenvalue weighted by Gasteiger charge is -2.15. The largest absolute Gasteiger partial charge is 0.335 e. The van der Waals surface area contributed by atoms with E-state index in [-0.39, 0.29) is 17.4 Å². The summed E-state index contributed by atoms with van der Waals surface area (Å²) in [5.41, 5.74) is 3.05. The fraction of sp³-hybridized carbons (Fsp3) is 0.273. The summed E-state index contributed by atoms with van der Waals surface area (Å²) < 4.78 is 1.55. The number of rotatable bonds is 5. The van der Waals surface area contributed by atoms with E-state index in [1.807, 2.05) is 38.1 Å². The average Bonchev–Trinajstić information content (AvgIpc) is 3.52. The second-order valence-corrected chi connectivity index (χ2v) is 8.37. The van der Waals surface area contributed by atoms with Gasteiger partial charge in [-0.15, -0.1) is 0 Å². The van der Waals surface area contributed by atoms with Crippen LogP contribution in [-0.2, 0) is 4.79 Å². The third-order valence-electron chi connectivity index (χ3n) is 4.85. The van der Waals surface area contributed by atoms with E-state index in [1.165, 1.54) is 0 Å². The van der Waals surface area contributed by atoms with Crippen LogP contribution in [0, 0.1) is 13.8 Å². The van der Waals surface area contributed by atoms with Gasteiger partial charge < -0.3 is 5.32 Å². The molecule has 0 atom stereocenters.